The fraction of sp³-hybridized carbons (Fsp3) is 0.296. The van der Waals surface area contributed by atoms with Crippen LogP contribution in [0.5, 0.6) is 5.75 Å². The highest BCUT2D eigenvalue weighted by Crippen LogP contribution is 2.42. The van der Waals surface area contributed by atoms with Crippen LogP contribution in [-0.2, 0) is 14.8 Å². The average Bonchev–Trinajstić information content (AvgIpc) is 3.52. The van der Waals surface area contributed by atoms with Gasteiger partial charge in [0.25, 0.3) is 10.0 Å². The zero-order valence-electron chi connectivity index (χ0n) is 19.5. The molecule has 0 bridgehead atoms. The Morgan fingerprint density at radius 1 is 0.943 bits per heavy atom. The van der Waals surface area contributed by atoms with E-state index in [0.717, 1.165) is 23.9 Å². The minimum Gasteiger partial charge on any atom is -0.496 e. The molecular weight excluding hydrogens is 462 g/mol. The van der Waals surface area contributed by atoms with Crippen molar-refractivity contribution >= 4 is 32.4 Å². The first-order valence-electron chi connectivity index (χ1n) is 11.9. The quantitative estimate of drug-likeness (QED) is 0.561. The van der Waals surface area contributed by atoms with Crippen LogP contribution in [0.1, 0.15) is 17.9 Å². The SMILES string of the molecule is COc1ccc(S(=O)(=O)N2CC(C(=O)N3CCN4C=CCC4C3)c3ccccc32)c2ccccc12. The van der Waals surface area contributed by atoms with Gasteiger partial charge >= 0.3 is 0 Å². The molecule has 0 aliphatic carbocycles. The van der Waals surface area contributed by atoms with Crippen LogP contribution in [0.15, 0.2) is 77.8 Å². The number of nitrogens with zero attached hydrogens (tertiary/aromatic N) is 3. The Balaban J connectivity index is 1.37. The minimum atomic E-state index is -3.93. The first-order chi connectivity index (χ1) is 17.0. The van der Waals surface area contributed by atoms with Crippen molar-refractivity contribution in [2.45, 2.75) is 23.3 Å². The highest BCUT2D eigenvalue weighted by atomic mass is 32.2. The van der Waals surface area contributed by atoms with Crippen LogP contribution in [0.25, 0.3) is 10.8 Å². The smallest absolute Gasteiger partial charge is 0.264 e. The van der Waals surface area contributed by atoms with E-state index in [1.165, 1.54) is 4.31 Å². The molecule has 0 aromatic heterocycles. The van der Waals surface area contributed by atoms with Crippen molar-refractivity contribution in [2.24, 2.45) is 0 Å². The monoisotopic (exact) mass is 489 g/mol. The average molecular weight is 490 g/mol. The third-order valence-corrected chi connectivity index (χ3v) is 9.24. The van der Waals surface area contributed by atoms with Crippen LogP contribution in [0, 0.1) is 0 Å². The lowest BCUT2D eigenvalue weighted by Gasteiger charge is -2.39. The summed E-state index contributed by atoms with van der Waals surface area (Å²) in [7, 11) is -2.35. The van der Waals surface area contributed by atoms with Crippen molar-refractivity contribution in [1.29, 1.82) is 0 Å². The number of fused-ring (bicyclic) bond motifs is 3. The van der Waals surface area contributed by atoms with E-state index in [-0.39, 0.29) is 17.3 Å². The lowest BCUT2D eigenvalue weighted by molar-refractivity contribution is -0.134. The molecule has 3 heterocycles. The van der Waals surface area contributed by atoms with Gasteiger partial charge in [-0.1, -0.05) is 48.5 Å². The number of carbonyl (C=O) groups excluding carboxylic acids is 1. The molecule has 0 saturated carbocycles. The topological polar surface area (TPSA) is 70.2 Å². The second-order valence-electron chi connectivity index (χ2n) is 9.26. The second-order valence-corrected chi connectivity index (χ2v) is 11.1. The fourth-order valence-electron chi connectivity index (χ4n) is 5.63. The van der Waals surface area contributed by atoms with Crippen LogP contribution in [0.2, 0.25) is 0 Å². The number of amides is 1. The normalized spacial score (nSPS) is 21.3. The fourth-order valence-corrected chi connectivity index (χ4v) is 7.33. The maximum Gasteiger partial charge on any atom is 0.264 e. The Kier molecular flexibility index (Phi) is 5.21. The summed E-state index contributed by atoms with van der Waals surface area (Å²) in [6.07, 6.45) is 5.21. The van der Waals surface area contributed by atoms with Crippen LogP contribution in [0.4, 0.5) is 5.69 Å². The van der Waals surface area contributed by atoms with Gasteiger partial charge in [0.05, 0.1) is 30.2 Å². The Morgan fingerprint density at radius 2 is 1.71 bits per heavy atom. The Labute approximate surface area is 205 Å². The van der Waals surface area contributed by atoms with E-state index >= 15 is 0 Å². The molecule has 8 heteroatoms. The number of anilines is 1. The predicted molar refractivity (Wildman–Crippen MR) is 135 cm³/mol. The van der Waals surface area contributed by atoms with Gasteiger partial charge in [0.2, 0.25) is 5.91 Å². The molecule has 0 N–H and O–H groups in total. The predicted octanol–water partition coefficient (Wildman–Crippen LogP) is 3.57. The van der Waals surface area contributed by atoms with Crippen molar-refractivity contribution in [2.75, 3.05) is 37.6 Å². The van der Waals surface area contributed by atoms with Crippen LogP contribution in [-0.4, -0.2) is 63.5 Å². The zero-order valence-corrected chi connectivity index (χ0v) is 20.3. The number of carbonyl (C=O) groups is 1. The van der Waals surface area contributed by atoms with Gasteiger partial charge in [-0.15, -0.1) is 0 Å². The number of para-hydroxylation sites is 1. The van der Waals surface area contributed by atoms with Crippen LogP contribution >= 0.6 is 0 Å². The number of hydrogen-bond acceptors (Lipinski definition) is 5. The molecule has 3 aromatic carbocycles. The van der Waals surface area contributed by atoms with Gasteiger partial charge < -0.3 is 14.5 Å². The molecule has 3 aromatic rings. The maximum absolute atomic E-state index is 14.1. The number of benzene rings is 3. The number of ether oxygens (including phenoxy) is 1. The molecule has 1 amide bonds. The van der Waals surface area contributed by atoms with Crippen molar-refractivity contribution in [3.8, 4) is 5.75 Å². The molecule has 1 saturated heterocycles. The van der Waals surface area contributed by atoms with Gasteiger partial charge in [-0.2, -0.15) is 0 Å². The molecule has 2 unspecified atom stereocenters. The van der Waals surface area contributed by atoms with E-state index in [2.05, 4.69) is 17.2 Å². The summed E-state index contributed by atoms with van der Waals surface area (Å²) in [6.45, 7) is 2.22. The summed E-state index contributed by atoms with van der Waals surface area (Å²) in [4.78, 5) is 18.1. The molecule has 7 nitrogen and oxygen atoms in total. The summed E-state index contributed by atoms with van der Waals surface area (Å²) in [5, 5.41) is 1.34. The summed E-state index contributed by atoms with van der Waals surface area (Å²) >= 11 is 0. The van der Waals surface area contributed by atoms with Gasteiger partial charge in [-0.05, 0) is 36.4 Å². The summed E-state index contributed by atoms with van der Waals surface area (Å²) < 4.78 is 35.0. The first kappa shape index (κ1) is 22.0. The van der Waals surface area contributed by atoms with E-state index < -0.39 is 15.9 Å². The third-order valence-electron chi connectivity index (χ3n) is 7.40. The van der Waals surface area contributed by atoms with Crippen LogP contribution < -0.4 is 9.04 Å². The summed E-state index contributed by atoms with van der Waals surface area (Å²) in [5.74, 6) is 0.0997. The largest absolute Gasteiger partial charge is 0.496 e. The Morgan fingerprint density at radius 3 is 2.54 bits per heavy atom. The number of piperazine rings is 1. The zero-order chi connectivity index (χ0) is 24.2. The molecular formula is C27H27N3O4S. The van der Waals surface area contributed by atoms with Crippen molar-refractivity contribution < 1.29 is 17.9 Å². The molecule has 180 valence electrons. The number of methoxy groups -OCH3 is 1. The molecule has 3 aliphatic heterocycles. The number of hydrogen-bond donors (Lipinski definition) is 0. The van der Waals surface area contributed by atoms with E-state index in [9.17, 15) is 13.2 Å². The van der Waals surface area contributed by atoms with E-state index in [1.54, 1.807) is 31.4 Å². The molecule has 2 atom stereocenters. The highest BCUT2D eigenvalue weighted by molar-refractivity contribution is 7.93. The Bertz CT molecular complexity index is 1450. The standard InChI is InChI=1S/C27H27N3O4S/c1-34-25-12-13-26(22-10-3-2-9-21(22)25)35(32,33)30-18-23(20-8-4-5-11-24(20)30)27(31)29-16-15-28-14-6-7-19(28)17-29/h2-6,8-14,19,23H,7,15-18H2,1H3. The van der Waals surface area contributed by atoms with Gasteiger partial charge in [-0.25, -0.2) is 8.42 Å². The minimum absolute atomic E-state index is 0.00119. The lowest BCUT2D eigenvalue weighted by Crippen LogP contribution is -2.52. The summed E-state index contributed by atoms with van der Waals surface area (Å²) in [6, 6.07) is 18.3. The molecule has 6 rings (SSSR count). The highest BCUT2D eigenvalue weighted by Gasteiger charge is 2.43. The van der Waals surface area contributed by atoms with Gasteiger partial charge in [0, 0.05) is 36.4 Å². The van der Waals surface area contributed by atoms with E-state index in [0.29, 0.717) is 36.0 Å². The molecule has 1 fully saturated rings. The number of sulfonamides is 1. The van der Waals surface area contributed by atoms with Crippen molar-refractivity contribution in [3.63, 3.8) is 0 Å². The summed E-state index contributed by atoms with van der Waals surface area (Å²) in [5.41, 5.74) is 1.35. The molecule has 35 heavy (non-hydrogen) atoms. The molecule has 0 radical (unpaired) electrons. The molecule has 0 spiro atoms. The van der Waals surface area contributed by atoms with Gasteiger partial charge in [0.15, 0.2) is 0 Å². The number of rotatable bonds is 4. The first-order valence-corrected chi connectivity index (χ1v) is 13.3. The van der Waals surface area contributed by atoms with Gasteiger partial charge in [0.1, 0.15) is 5.75 Å². The Hall–Kier alpha value is -3.52. The van der Waals surface area contributed by atoms with E-state index in [1.807, 2.05) is 41.3 Å². The van der Waals surface area contributed by atoms with Crippen molar-refractivity contribution in [1.82, 2.24) is 9.80 Å². The molecule has 3 aliphatic rings. The van der Waals surface area contributed by atoms with Gasteiger partial charge in [-0.3, -0.25) is 9.10 Å². The lowest BCUT2D eigenvalue weighted by atomic mass is 9.99. The van der Waals surface area contributed by atoms with Crippen molar-refractivity contribution in [3.05, 3.63) is 78.5 Å². The third kappa shape index (κ3) is 3.46. The maximum atomic E-state index is 14.1. The van der Waals surface area contributed by atoms with Crippen LogP contribution in [0.3, 0.4) is 0 Å². The second kappa shape index (κ2) is 8.30. The van der Waals surface area contributed by atoms with E-state index in [4.69, 9.17) is 4.74 Å².